The number of rotatable bonds is 8. The minimum absolute atomic E-state index is 0.0965. The predicted molar refractivity (Wildman–Crippen MR) is 148 cm³/mol. The Morgan fingerprint density at radius 2 is 1.89 bits per heavy atom. The summed E-state index contributed by atoms with van der Waals surface area (Å²) in [4.78, 5) is 31.5. The second kappa shape index (κ2) is 11.8. The van der Waals surface area contributed by atoms with Gasteiger partial charge in [-0.15, -0.1) is 6.42 Å². The number of methoxy groups -OCH3 is 1. The fraction of sp³-hybridized carbons (Fsp3) is 0.107. The van der Waals surface area contributed by atoms with Crippen molar-refractivity contribution in [1.82, 2.24) is 4.90 Å². The molecule has 0 atom stereocenters. The first kappa shape index (κ1) is 26.1. The Bertz CT molecular complexity index is 1430. The number of aromatic carboxylic acids is 1. The van der Waals surface area contributed by atoms with Crippen molar-refractivity contribution in [2.45, 2.75) is 6.54 Å². The summed E-state index contributed by atoms with van der Waals surface area (Å²) in [5.74, 6) is 2.16. The number of carbonyl (C=O) groups is 2. The number of thioether (sulfide) groups is 1. The van der Waals surface area contributed by atoms with Gasteiger partial charge in [-0.1, -0.05) is 52.2 Å². The van der Waals surface area contributed by atoms with Crippen LogP contribution in [-0.2, 0) is 11.3 Å². The maximum Gasteiger partial charge on any atom is 0.335 e. The largest absolute Gasteiger partial charge is 0.493 e. The Morgan fingerprint density at radius 3 is 2.54 bits per heavy atom. The van der Waals surface area contributed by atoms with E-state index >= 15 is 0 Å². The molecule has 0 spiro atoms. The van der Waals surface area contributed by atoms with E-state index in [0.717, 1.165) is 5.56 Å². The topological polar surface area (TPSA) is 88.4 Å². The van der Waals surface area contributed by atoms with Gasteiger partial charge in [0.2, 0.25) is 0 Å². The standard InChI is InChI=1S/C28H21BrN2O5S/c1-3-13-36-24-16-22(29)20(14-23(24)35-2)15-25-26(32)31(17-18-9-11-19(12-10-18)27(33)34)28(37-25)30-21-7-5-4-6-8-21/h1,4-12,14-16H,13,17H2,2H3,(H,33,34)/b25-15-,30-28?. The van der Waals surface area contributed by atoms with Gasteiger partial charge in [-0.25, -0.2) is 9.79 Å². The number of hydrogen-bond donors (Lipinski definition) is 1. The van der Waals surface area contributed by atoms with Gasteiger partial charge in [0.1, 0.15) is 6.61 Å². The molecule has 1 aliphatic rings. The van der Waals surface area contributed by atoms with Crippen LogP contribution in [0.1, 0.15) is 21.5 Å². The SMILES string of the molecule is C#CCOc1cc(Br)c(/C=C2\SC(=Nc3ccccc3)N(Cc3ccc(C(=O)O)cc3)C2=O)cc1OC. The third-order valence-corrected chi connectivity index (χ3v) is 6.98. The minimum Gasteiger partial charge on any atom is -0.493 e. The second-order valence-corrected chi connectivity index (χ2v) is 9.61. The van der Waals surface area contributed by atoms with Crippen LogP contribution < -0.4 is 9.47 Å². The molecule has 4 rings (SSSR count). The summed E-state index contributed by atoms with van der Waals surface area (Å²) in [6.07, 6.45) is 7.06. The monoisotopic (exact) mass is 576 g/mol. The first-order valence-corrected chi connectivity index (χ1v) is 12.6. The summed E-state index contributed by atoms with van der Waals surface area (Å²) in [5, 5.41) is 9.69. The van der Waals surface area contributed by atoms with Crippen LogP contribution in [0.5, 0.6) is 11.5 Å². The number of carbonyl (C=O) groups excluding carboxylic acids is 1. The molecule has 1 fully saturated rings. The van der Waals surface area contributed by atoms with E-state index in [0.29, 0.717) is 37.3 Å². The number of carboxylic acid groups (broad SMARTS) is 1. The molecule has 1 amide bonds. The molecule has 3 aromatic rings. The van der Waals surface area contributed by atoms with Crippen LogP contribution in [0.2, 0.25) is 0 Å². The molecule has 1 aliphatic heterocycles. The molecule has 0 aliphatic carbocycles. The first-order chi connectivity index (χ1) is 17.9. The number of amides is 1. The number of terminal acetylenes is 1. The number of ether oxygens (including phenoxy) is 2. The highest BCUT2D eigenvalue weighted by Crippen LogP contribution is 2.39. The van der Waals surface area contributed by atoms with Crippen molar-refractivity contribution in [3.05, 3.63) is 92.8 Å². The van der Waals surface area contributed by atoms with E-state index in [2.05, 4.69) is 21.9 Å². The Morgan fingerprint density at radius 1 is 1.16 bits per heavy atom. The van der Waals surface area contributed by atoms with Gasteiger partial charge < -0.3 is 14.6 Å². The number of halogens is 1. The van der Waals surface area contributed by atoms with E-state index in [1.807, 2.05) is 30.3 Å². The maximum atomic E-state index is 13.5. The fourth-order valence-corrected chi connectivity index (χ4v) is 4.90. The van der Waals surface area contributed by atoms with Gasteiger partial charge in [0.25, 0.3) is 5.91 Å². The number of para-hydroxylation sites is 1. The average Bonchev–Trinajstić information content (AvgIpc) is 3.18. The molecule has 0 aromatic heterocycles. The van der Waals surface area contributed by atoms with Gasteiger partial charge in [-0.3, -0.25) is 9.69 Å². The van der Waals surface area contributed by atoms with Crippen molar-refractivity contribution >= 4 is 56.5 Å². The summed E-state index contributed by atoms with van der Waals surface area (Å²) in [6, 6.07) is 19.3. The zero-order valence-corrected chi connectivity index (χ0v) is 22.1. The summed E-state index contributed by atoms with van der Waals surface area (Å²) in [7, 11) is 1.53. The van der Waals surface area contributed by atoms with Gasteiger partial charge in [-0.2, -0.15) is 0 Å². The summed E-state index contributed by atoms with van der Waals surface area (Å²) in [5.41, 5.74) is 2.38. The number of amidine groups is 1. The lowest BCUT2D eigenvalue weighted by Gasteiger charge is -2.16. The third-order valence-electron chi connectivity index (χ3n) is 5.29. The molecular weight excluding hydrogens is 556 g/mol. The lowest BCUT2D eigenvalue weighted by Crippen LogP contribution is -2.28. The number of carboxylic acids is 1. The quantitative estimate of drug-likeness (QED) is 0.262. The highest BCUT2D eigenvalue weighted by molar-refractivity contribution is 9.10. The lowest BCUT2D eigenvalue weighted by molar-refractivity contribution is -0.122. The van der Waals surface area contributed by atoms with Gasteiger partial charge in [0.15, 0.2) is 16.7 Å². The molecule has 9 heteroatoms. The molecular formula is C28H21BrN2O5S. The number of hydrogen-bond acceptors (Lipinski definition) is 6. The van der Waals surface area contributed by atoms with Crippen molar-refractivity contribution in [2.24, 2.45) is 4.99 Å². The van der Waals surface area contributed by atoms with Crippen LogP contribution in [0.15, 0.2) is 81.1 Å². The molecule has 0 saturated carbocycles. The molecule has 0 bridgehead atoms. The Kier molecular flexibility index (Phi) is 8.33. The molecule has 0 unspecified atom stereocenters. The molecule has 1 N–H and O–H groups in total. The minimum atomic E-state index is -1.01. The Labute approximate surface area is 226 Å². The van der Waals surface area contributed by atoms with E-state index in [1.54, 1.807) is 35.2 Å². The summed E-state index contributed by atoms with van der Waals surface area (Å²) in [6.45, 7) is 0.331. The molecule has 186 valence electrons. The highest BCUT2D eigenvalue weighted by Gasteiger charge is 2.34. The van der Waals surface area contributed by atoms with Crippen LogP contribution in [0.3, 0.4) is 0 Å². The van der Waals surface area contributed by atoms with Crippen LogP contribution in [0.4, 0.5) is 5.69 Å². The second-order valence-electron chi connectivity index (χ2n) is 7.75. The van der Waals surface area contributed by atoms with Crippen molar-refractivity contribution in [2.75, 3.05) is 13.7 Å². The smallest absolute Gasteiger partial charge is 0.335 e. The molecule has 37 heavy (non-hydrogen) atoms. The molecule has 1 heterocycles. The average molecular weight is 577 g/mol. The number of aliphatic imine (C=N–C) groups is 1. The van der Waals surface area contributed by atoms with E-state index < -0.39 is 5.97 Å². The number of benzene rings is 3. The summed E-state index contributed by atoms with van der Waals surface area (Å²) >= 11 is 4.80. The lowest BCUT2D eigenvalue weighted by atomic mass is 10.1. The number of nitrogens with zero attached hydrogens (tertiary/aromatic N) is 2. The predicted octanol–water partition coefficient (Wildman–Crippen LogP) is 5.97. The van der Waals surface area contributed by atoms with Crippen molar-refractivity contribution in [3.8, 4) is 23.8 Å². The zero-order chi connectivity index (χ0) is 26.4. The van der Waals surface area contributed by atoms with Crippen molar-refractivity contribution < 1.29 is 24.2 Å². The zero-order valence-electron chi connectivity index (χ0n) is 19.7. The summed E-state index contributed by atoms with van der Waals surface area (Å²) < 4.78 is 11.7. The van der Waals surface area contributed by atoms with Gasteiger partial charge >= 0.3 is 5.97 Å². The molecule has 0 radical (unpaired) electrons. The van der Waals surface area contributed by atoms with Crippen molar-refractivity contribution in [3.63, 3.8) is 0 Å². The van der Waals surface area contributed by atoms with Crippen molar-refractivity contribution in [1.29, 1.82) is 0 Å². The maximum absolute atomic E-state index is 13.5. The van der Waals surface area contributed by atoms with Crippen LogP contribution >= 0.6 is 27.7 Å². The van der Waals surface area contributed by atoms with E-state index in [9.17, 15) is 14.7 Å². The van der Waals surface area contributed by atoms with Crippen LogP contribution in [-0.4, -0.2) is 40.8 Å². The van der Waals surface area contributed by atoms with E-state index in [1.165, 1.54) is 31.0 Å². The third kappa shape index (κ3) is 6.23. The normalized spacial score (nSPS) is 15.2. The van der Waals surface area contributed by atoms with Gasteiger partial charge in [-0.05, 0) is 65.4 Å². The van der Waals surface area contributed by atoms with Crippen LogP contribution in [0, 0.1) is 12.3 Å². The van der Waals surface area contributed by atoms with E-state index in [-0.39, 0.29) is 24.6 Å². The molecule has 1 saturated heterocycles. The first-order valence-electron chi connectivity index (χ1n) is 11.0. The Balaban J connectivity index is 1.69. The Hall–Kier alpha value is -4.00. The fourth-order valence-electron chi connectivity index (χ4n) is 3.47. The highest BCUT2D eigenvalue weighted by atomic mass is 79.9. The van der Waals surface area contributed by atoms with Gasteiger partial charge in [0, 0.05) is 4.47 Å². The van der Waals surface area contributed by atoms with Crippen LogP contribution in [0.25, 0.3) is 6.08 Å². The molecule has 3 aromatic carbocycles. The van der Waals surface area contributed by atoms with E-state index in [4.69, 9.17) is 20.9 Å². The molecule has 7 nitrogen and oxygen atoms in total. The van der Waals surface area contributed by atoms with Gasteiger partial charge in [0.05, 0.1) is 29.8 Å².